The molecular weight excluding hydrogens is 436 g/mol. The number of aryl methyl sites for hydroxylation is 2. The average molecular weight is 455 g/mol. The second-order valence-corrected chi connectivity index (χ2v) is 9.80. The van der Waals surface area contributed by atoms with E-state index in [1.54, 1.807) is 11.4 Å². The van der Waals surface area contributed by atoms with E-state index >= 15 is 0 Å². The van der Waals surface area contributed by atoms with E-state index in [-0.39, 0.29) is 21.3 Å². The number of rotatable bonds is 5. The van der Waals surface area contributed by atoms with Gasteiger partial charge in [-0.3, -0.25) is 9.52 Å². The van der Waals surface area contributed by atoms with Crippen molar-refractivity contribution in [3.05, 3.63) is 70.6 Å². The van der Waals surface area contributed by atoms with E-state index in [0.29, 0.717) is 11.1 Å². The monoisotopic (exact) mass is 454 g/mol. The molecule has 0 radical (unpaired) electrons. The summed E-state index contributed by atoms with van der Waals surface area (Å²) in [6.07, 6.45) is 0. The highest BCUT2D eigenvalue weighted by atomic mass is 32.2. The number of sulfonamides is 1. The molecule has 4 rings (SSSR count). The van der Waals surface area contributed by atoms with Crippen LogP contribution in [0, 0.1) is 13.8 Å². The molecule has 0 spiro atoms. The van der Waals surface area contributed by atoms with Gasteiger partial charge in [0.15, 0.2) is 5.69 Å². The maximum Gasteiger partial charge on any atom is 0.295 e. The summed E-state index contributed by atoms with van der Waals surface area (Å²) in [6.45, 7) is 3.84. The number of benzene rings is 2. The lowest BCUT2D eigenvalue weighted by atomic mass is 10.1. The lowest BCUT2D eigenvalue weighted by molar-refractivity contribution is 0.0995. The van der Waals surface area contributed by atoms with Crippen LogP contribution in [0.15, 0.2) is 68.3 Å². The van der Waals surface area contributed by atoms with Crippen LogP contribution in [0.5, 0.6) is 5.88 Å². The second kappa shape index (κ2) is 7.97. The van der Waals surface area contributed by atoms with Gasteiger partial charge in [-0.1, -0.05) is 17.7 Å². The molecule has 0 saturated heterocycles. The SMILES string of the molecule is Cc1cc(C)c2[nH]c(O)c(N=NC(=O)c3ccc(NS(=O)(=O)c4cccs4)cc3)c2c1. The Morgan fingerprint density at radius 3 is 2.55 bits per heavy atom. The molecule has 3 N–H and O–H groups in total. The Morgan fingerprint density at radius 2 is 1.87 bits per heavy atom. The first kappa shape index (κ1) is 20.8. The van der Waals surface area contributed by atoms with E-state index in [9.17, 15) is 18.3 Å². The molecule has 0 aliphatic carbocycles. The predicted octanol–water partition coefficient (Wildman–Crippen LogP) is 5.28. The number of aromatic hydroxyl groups is 1. The Labute approximate surface area is 182 Å². The number of amides is 1. The van der Waals surface area contributed by atoms with Crippen molar-refractivity contribution in [2.75, 3.05) is 4.72 Å². The molecule has 4 aromatic rings. The maximum absolute atomic E-state index is 12.4. The fourth-order valence-corrected chi connectivity index (χ4v) is 5.23. The number of aromatic nitrogens is 1. The summed E-state index contributed by atoms with van der Waals surface area (Å²) in [5.74, 6) is -0.788. The van der Waals surface area contributed by atoms with Gasteiger partial charge in [0.05, 0.1) is 5.52 Å². The van der Waals surface area contributed by atoms with Crippen molar-refractivity contribution < 1.29 is 18.3 Å². The Hall–Kier alpha value is -3.50. The Bertz CT molecular complexity index is 1400. The standard InChI is InChI=1S/C21H18N4O4S2/c1-12-10-13(2)18-16(11-12)19(21(27)22-18)23-24-20(26)14-5-7-15(8-6-14)25-31(28,29)17-4-3-9-30-17/h3-11,22,25,27H,1-2H3. The van der Waals surface area contributed by atoms with Crippen LogP contribution < -0.4 is 4.72 Å². The minimum atomic E-state index is -3.67. The van der Waals surface area contributed by atoms with Crippen molar-refractivity contribution in [1.29, 1.82) is 0 Å². The van der Waals surface area contributed by atoms with E-state index in [2.05, 4.69) is 19.9 Å². The van der Waals surface area contributed by atoms with Crippen molar-refractivity contribution in [3.8, 4) is 5.88 Å². The van der Waals surface area contributed by atoms with Gasteiger partial charge in [0.1, 0.15) is 4.21 Å². The normalized spacial score (nSPS) is 11.9. The van der Waals surface area contributed by atoms with Gasteiger partial charge >= 0.3 is 0 Å². The molecule has 0 aliphatic heterocycles. The lowest BCUT2D eigenvalue weighted by Gasteiger charge is -2.06. The summed E-state index contributed by atoms with van der Waals surface area (Å²) in [4.78, 5) is 15.3. The third kappa shape index (κ3) is 4.21. The Morgan fingerprint density at radius 1 is 1.13 bits per heavy atom. The van der Waals surface area contributed by atoms with E-state index in [0.717, 1.165) is 28.0 Å². The van der Waals surface area contributed by atoms with E-state index in [1.807, 2.05) is 26.0 Å². The number of anilines is 1. The first-order valence-electron chi connectivity index (χ1n) is 9.19. The topological polar surface area (TPSA) is 124 Å². The number of aromatic amines is 1. The highest BCUT2D eigenvalue weighted by molar-refractivity contribution is 7.94. The molecule has 158 valence electrons. The number of fused-ring (bicyclic) bond motifs is 1. The summed E-state index contributed by atoms with van der Waals surface area (Å²) < 4.78 is 27.2. The van der Waals surface area contributed by atoms with Crippen molar-refractivity contribution in [2.45, 2.75) is 18.1 Å². The highest BCUT2D eigenvalue weighted by Crippen LogP contribution is 2.37. The third-order valence-corrected chi connectivity index (χ3v) is 7.37. The molecule has 0 unspecified atom stereocenters. The zero-order chi connectivity index (χ0) is 22.2. The number of nitrogens with one attached hydrogen (secondary N) is 2. The molecule has 2 aromatic carbocycles. The number of hydrogen-bond acceptors (Lipinski definition) is 6. The smallest absolute Gasteiger partial charge is 0.295 e. The molecule has 0 fully saturated rings. The quantitative estimate of drug-likeness (QED) is 0.355. The summed E-state index contributed by atoms with van der Waals surface area (Å²) in [7, 11) is -3.67. The van der Waals surface area contributed by atoms with Crippen LogP contribution in [-0.4, -0.2) is 24.4 Å². The van der Waals surface area contributed by atoms with Gasteiger partial charge in [-0.2, -0.15) is 0 Å². The van der Waals surface area contributed by atoms with Crippen molar-refractivity contribution >= 4 is 49.5 Å². The molecule has 31 heavy (non-hydrogen) atoms. The number of carbonyl (C=O) groups excluding carboxylic acids is 1. The molecule has 0 aliphatic rings. The van der Waals surface area contributed by atoms with Crippen molar-refractivity contribution in [3.63, 3.8) is 0 Å². The Kier molecular flexibility index (Phi) is 5.34. The average Bonchev–Trinajstić information content (AvgIpc) is 3.36. The van der Waals surface area contributed by atoms with Crippen LogP contribution in [0.4, 0.5) is 11.4 Å². The molecule has 1 amide bonds. The molecule has 0 atom stereocenters. The maximum atomic E-state index is 12.4. The van der Waals surface area contributed by atoms with Gasteiger partial charge in [-0.25, -0.2) is 8.42 Å². The predicted molar refractivity (Wildman–Crippen MR) is 120 cm³/mol. The van der Waals surface area contributed by atoms with Gasteiger partial charge in [0.2, 0.25) is 5.88 Å². The molecule has 2 heterocycles. The number of nitrogens with zero attached hydrogens (tertiary/aromatic N) is 2. The van der Waals surface area contributed by atoms with Gasteiger partial charge in [-0.15, -0.1) is 21.6 Å². The number of hydrogen-bond donors (Lipinski definition) is 3. The van der Waals surface area contributed by atoms with Crippen molar-refractivity contribution in [2.24, 2.45) is 10.2 Å². The van der Waals surface area contributed by atoms with Crippen LogP contribution >= 0.6 is 11.3 Å². The van der Waals surface area contributed by atoms with Crippen LogP contribution in [-0.2, 0) is 10.0 Å². The van der Waals surface area contributed by atoms with Gasteiger partial charge in [-0.05, 0) is 61.2 Å². The summed E-state index contributed by atoms with van der Waals surface area (Å²) in [6, 6.07) is 12.8. The van der Waals surface area contributed by atoms with E-state index in [4.69, 9.17) is 0 Å². The minimum Gasteiger partial charge on any atom is -0.493 e. The summed E-state index contributed by atoms with van der Waals surface area (Å²) >= 11 is 1.11. The summed E-state index contributed by atoms with van der Waals surface area (Å²) in [5, 5.41) is 20.2. The van der Waals surface area contributed by atoms with Crippen LogP contribution in [0.25, 0.3) is 10.9 Å². The van der Waals surface area contributed by atoms with Gasteiger partial charge < -0.3 is 10.1 Å². The highest BCUT2D eigenvalue weighted by Gasteiger charge is 2.16. The lowest BCUT2D eigenvalue weighted by Crippen LogP contribution is -2.11. The second-order valence-electron chi connectivity index (χ2n) is 6.95. The molecule has 8 nitrogen and oxygen atoms in total. The van der Waals surface area contributed by atoms with Crippen LogP contribution in [0.1, 0.15) is 21.5 Å². The molecule has 0 saturated carbocycles. The van der Waals surface area contributed by atoms with E-state index < -0.39 is 15.9 Å². The molecular formula is C21H18N4O4S2. The van der Waals surface area contributed by atoms with Crippen molar-refractivity contribution in [1.82, 2.24) is 4.98 Å². The van der Waals surface area contributed by atoms with E-state index in [1.165, 1.54) is 30.3 Å². The number of carbonyl (C=O) groups is 1. The fraction of sp³-hybridized carbons (Fsp3) is 0.0952. The zero-order valence-corrected chi connectivity index (χ0v) is 18.2. The first-order chi connectivity index (χ1) is 14.7. The summed E-state index contributed by atoms with van der Waals surface area (Å²) in [5.41, 5.74) is 3.41. The Balaban J connectivity index is 1.54. The molecule has 0 bridgehead atoms. The minimum absolute atomic E-state index is 0.168. The van der Waals surface area contributed by atoms with Crippen LogP contribution in [0.2, 0.25) is 0 Å². The number of thiophene rings is 1. The first-order valence-corrected chi connectivity index (χ1v) is 11.6. The van der Waals surface area contributed by atoms with Crippen LogP contribution in [0.3, 0.4) is 0 Å². The number of H-pyrrole nitrogens is 1. The third-order valence-electron chi connectivity index (χ3n) is 4.59. The number of azo groups is 1. The zero-order valence-electron chi connectivity index (χ0n) is 16.6. The largest absolute Gasteiger partial charge is 0.493 e. The van der Waals surface area contributed by atoms with Gasteiger partial charge in [0.25, 0.3) is 15.9 Å². The van der Waals surface area contributed by atoms with Gasteiger partial charge in [0, 0.05) is 16.6 Å². The fourth-order valence-electron chi connectivity index (χ4n) is 3.18. The molecule has 2 aromatic heterocycles. The molecule has 10 heteroatoms.